The molecule has 1 N–H and O–H groups in total. The van der Waals surface area contributed by atoms with Crippen molar-refractivity contribution in [1.82, 2.24) is 9.73 Å². The van der Waals surface area contributed by atoms with Gasteiger partial charge in [-0.1, -0.05) is 30.3 Å². The first-order chi connectivity index (χ1) is 9.68. The average molecular weight is 294 g/mol. The van der Waals surface area contributed by atoms with Crippen LogP contribution >= 0.6 is 0 Å². The second-order valence-corrected chi connectivity index (χ2v) is 5.16. The Morgan fingerprint density at radius 2 is 1.85 bits per heavy atom. The Hall–Kier alpha value is -1.73. The highest BCUT2D eigenvalue weighted by atomic mass is 32.2. The molecule has 1 fully saturated rings. The Bertz CT molecular complexity index is 513. The SMILES string of the molecule is O=C(C(=NNS(=O)[O-])c1ccccc1)N1CCCCC1. The summed E-state index contributed by atoms with van der Waals surface area (Å²) in [6.07, 6.45) is 3.05. The van der Waals surface area contributed by atoms with Crippen LogP contribution < -0.4 is 4.83 Å². The van der Waals surface area contributed by atoms with Crippen LogP contribution in [-0.2, 0) is 16.1 Å². The fourth-order valence-corrected chi connectivity index (χ4v) is 2.33. The molecular formula is C13H16N3O3S-. The molecule has 1 aromatic rings. The number of nitrogens with one attached hydrogen (secondary N) is 1. The van der Waals surface area contributed by atoms with E-state index in [0.717, 1.165) is 19.3 Å². The summed E-state index contributed by atoms with van der Waals surface area (Å²) in [5.74, 6) is -0.242. The molecule has 0 bridgehead atoms. The molecule has 20 heavy (non-hydrogen) atoms. The predicted molar refractivity (Wildman–Crippen MR) is 75.5 cm³/mol. The molecule has 7 heteroatoms. The number of carbonyl (C=O) groups is 1. The molecule has 0 aliphatic carbocycles. The molecule has 1 heterocycles. The third-order valence-electron chi connectivity index (χ3n) is 3.13. The van der Waals surface area contributed by atoms with Gasteiger partial charge in [0.05, 0.1) is 11.3 Å². The normalized spacial score (nSPS) is 17.6. The van der Waals surface area contributed by atoms with Gasteiger partial charge in [-0.05, 0) is 19.3 Å². The van der Waals surface area contributed by atoms with Crippen LogP contribution in [0.25, 0.3) is 0 Å². The summed E-state index contributed by atoms with van der Waals surface area (Å²) in [5.41, 5.74) is 0.720. The Labute approximate surface area is 120 Å². The summed E-state index contributed by atoms with van der Waals surface area (Å²) in [4.78, 5) is 16.1. The zero-order valence-corrected chi connectivity index (χ0v) is 11.8. The van der Waals surface area contributed by atoms with E-state index >= 15 is 0 Å². The van der Waals surface area contributed by atoms with Crippen LogP contribution in [0.5, 0.6) is 0 Å². The molecule has 0 aromatic heterocycles. The van der Waals surface area contributed by atoms with Crippen molar-refractivity contribution in [3.8, 4) is 0 Å². The van der Waals surface area contributed by atoms with Crippen molar-refractivity contribution in [2.24, 2.45) is 5.10 Å². The molecule has 1 unspecified atom stereocenters. The molecule has 0 spiro atoms. The lowest BCUT2D eigenvalue weighted by atomic mass is 10.1. The van der Waals surface area contributed by atoms with Crippen LogP contribution in [0.4, 0.5) is 0 Å². The van der Waals surface area contributed by atoms with E-state index in [1.807, 2.05) is 10.9 Å². The predicted octanol–water partition coefficient (Wildman–Crippen LogP) is 0.787. The Kier molecular flexibility index (Phi) is 5.25. The van der Waals surface area contributed by atoms with Crippen molar-refractivity contribution in [3.63, 3.8) is 0 Å². The molecule has 6 nitrogen and oxygen atoms in total. The molecular weight excluding hydrogens is 278 g/mol. The first kappa shape index (κ1) is 14.7. The Morgan fingerprint density at radius 1 is 1.20 bits per heavy atom. The molecule has 1 aromatic carbocycles. The van der Waals surface area contributed by atoms with E-state index in [4.69, 9.17) is 0 Å². The van der Waals surface area contributed by atoms with Gasteiger partial charge in [0, 0.05) is 18.7 Å². The van der Waals surface area contributed by atoms with Gasteiger partial charge in [-0.15, -0.1) is 0 Å². The van der Waals surface area contributed by atoms with Gasteiger partial charge in [-0.2, -0.15) is 5.10 Å². The maximum atomic E-state index is 12.5. The quantitative estimate of drug-likeness (QED) is 0.506. The second-order valence-electron chi connectivity index (χ2n) is 4.51. The number of benzene rings is 1. The van der Waals surface area contributed by atoms with Gasteiger partial charge in [0.2, 0.25) is 0 Å². The van der Waals surface area contributed by atoms with E-state index in [9.17, 15) is 13.6 Å². The largest absolute Gasteiger partial charge is 0.754 e. The molecule has 0 radical (unpaired) electrons. The maximum Gasteiger partial charge on any atom is 0.274 e. The number of amides is 1. The number of hydrogen-bond acceptors (Lipinski definition) is 4. The number of carbonyl (C=O) groups excluding carboxylic acids is 1. The summed E-state index contributed by atoms with van der Waals surface area (Å²) >= 11 is -2.54. The molecule has 1 atom stereocenters. The topological polar surface area (TPSA) is 84.8 Å². The zero-order valence-electron chi connectivity index (χ0n) is 10.9. The summed E-state index contributed by atoms with van der Waals surface area (Å²) in [7, 11) is 0. The van der Waals surface area contributed by atoms with E-state index in [2.05, 4.69) is 5.10 Å². The standard InChI is InChI=1S/C13H17N3O3S/c17-13(16-9-5-2-6-10-16)12(14-15-20(18)19)11-7-3-1-4-8-11/h1,3-4,7-8,15H,2,5-6,9-10H2,(H,18,19)/p-1. The molecule has 108 valence electrons. The third kappa shape index (κ3) is 3.88. The van der Waals surface area contributed by atoms with Crippen LogP contribution in [-0.4, -0.2) is 38.4 Å². The Balaban J connectivity index is 2.24. The molecule has 1 amide bonds. The zero-order chi connectivity index (χ0) is 14.4. The van der Waals surface area contributed by atoms with E-state index in [0.29, 0.717) is 18.7 Å². The van der Waals surface area contributed by atoms with Gasteiger partial charge in [0.15, 0.2) is 5.71 Å². The van der Waals surface area contributed by atoms with Crippen molar-refractivity contribution in [2.75, 3.05) is 13.1 Å². The fourth-order valence-electron chi connectivity index (χ4n) is 2.16. The molecule has 0 saturated carbocycles. The molecule has 1 aliphatic heterocycles. The van der Waals surface area contributed by atoms with Crippen molar-refractivity contribution in [2.45, 2.75) is 19.3 Å². The smallest absolute Gasteiger partial charge is 0.274 e. The maximum absolute atomic E-state index is 12.5. The van der Waals surface area contributed by atoms with Crippen LogP contribution in [0.2, 0.25) is 0 Å². The van der Waals surface area contributed by atoms with Gasteiger partial charge in [0.25, 0.3) is 5.91 Å². The number of rotatable bonds is 4. The first-order valence-corrected chi connectivity index (χ1v) is 7.53. The second kappa shape index (κ2) is 7.16. The summed E-state index contributed by atoms with van der Waals surface area (Å²) in [6, 6.07) is 8.85. The monoisotopic (exact) mass is 294 g/mol. The minimum atomic E-state index is -2.54. The number of piperidine rings is 1. The summed E-state index contributed by atoms with van der Waals surface area (Å²) in [5, 5.41) is 3.73. The third-order valence-corrected chi connectivity index (χ3v) is 3.37. The first-order valence-electron chi connectivity index (χ1n) is 6.46. The Morgan fingerprint density at radius 3 is 2.45 bits per heavy atom. The summed E-state index contributed by atoms with van der Waals surface area (Å²) < 4.78 is 21.2. The van der Waals surface area contributed by atoms with Gasteiger partial charge in [-0.3, -0.25) is 9.00 Å². The molecule has 1 aliphatic rings. The number of likely N-dealkylation sites (tertiary alicyclic amines) is 1. The van der Waals surface area contributed by atoms with E-state index in [-0.39, 0.29) is 11.6 Å². The molecule has 1 saturated heterocycles. The number of hydrazone groups is 1. The molecule has 2 rings (SSSR count). The lowest BCUT2D eigenvalue weighted by Crippen LogP contribution is -2.41. The van der Waals surface area contributed by atoms with E-state index < -0.39 is 11.3 Å². The van der Waals surface area contributed by atoms with Crippen LogP contribution in [0.15, 0.2) is 35.4 Å². The van der Waals surface area contributed by atoms with Crippen LogP contribution in [0.3, 0.4) is 0 Å². The summed E-state index contributed by atoms with van der Waals surface area (Å²) in [6.45, 7) is 1.37. The van der Waals surface area contributed by atoms with Crippen LogP contribution in [0.1, 0.15) is 24.8 Å². The minimum absolute atomic E-state index is 0.122. The number of nitrogens with zero attached hydrogens (tertiary/aromatic N) is 2. The van der Waals surface area contributed by atoms with Crippen molar-refractivity contribution in [3.05, 3.63) is 35.9 Å². The van der Waals surface area contributed by atoms with Gasteiger partial charge < -0.3 is 9.45 Å². The van der Waals surface area contributed by atoms with Crippen molar-refractivity contribution in [1.29, 1.82) is 0 Å². The van der Waals surface area contributed by atoms with Gasteiger partial charge in [0.1, 0.15) is 0 Å². The van der Waals surface area contributed by atoms with Crippen molar-refractivity contribution >= 4 is 22.9 Å². The highest BCUT2D eigenvalue weighted by Gasteiger charge is 2.22. The van der Waals surface area contributed by atoms with E-state index in [1.165, 1.54) is 0 Å². The van der Waals surface area contributed by atoms with E-state index in [1.54, 1.807) is 29.2 Å². The fraction of sp³-hybridized carbons (Fsp3) is 0.385. The number of hydrogen-bond donors (Lipinski definition) is 1. The lowest BCUT2D eigenvalue weighted by molar-refractivity contribution is -0.124. The lowest BCUT2D eigenvalue weighted by Gasteiger charge is -2.27. The minimum Gasteiger partial charge on any atom is -0.754 e. The highest BCUT2D eigenvalue weighted by molar-refractivity contribution is 7.77. The van der Waals surface area contributed by atoms with Gasteiger partial charge in [-0.25, -0.2) is 4.83 Å². The average Bonchev–Trinajstić information content (AvgIpc) is 2.49. The van der Waals surface area contributed by atoms with Crippen molar-refractivity contribution < 1.29 is 13.6 Å². The highest BCUT2D eigenvalue weighted by Crippen LogP contribution is 2.12. The van der Waals surface area contributed by atoms with Gasteiger partial charge >= 0.3 is 0 Å². The van der Waals surface area contributed by atoms with Crippen LogP contribution in [0, 0.1) is 0 Å².